The quantitative estimate of drug-likeness (QED) is 0.726. The number of amides is 3. The van der Waals surface area contributed by atoms with Gasteiger partial charge in [0.2, 0.25) is 11.7 Å². The van der Waals surface area contributed by atoms with Gasteiger partial charge in [-0.05, 0) is 24.0 Å². The lowest BCUT2D eigenvalue weighted by molar-refractivity contribution is -0.132. The second-order valence-corrected chi connectivity index (χ2v) is 6.76. The number of rotatable bonds is 3. The molecule has 1 N–H and O–H groups in total. The lowest BCUT2D eigenvalue weighted by Gasteiger charge is -2.21. The van der Waals surface area contributed by atoms with Crippen LogP contribution in [0.2, 0.25) is 0 Å². The number of aromatic nitrogens is 2. The van der Waals surface area contributed by atoms with Crippen molar-refractivity contribution in [1.82, 2.24) is 20.4 Å². The maximum atomic E-state index is 13.1. The van der Waals surface area contributed by atoms with Crippen LogP contribution in [0.3, 0.4) is 0 Å². The molecule has 5 rings (SSSR count). The molecular formula is C20H16N4O3. The van der Waals surface area contributed by atoms with Gasteiger partial charge in [-0.3, -0.25) is 9.69 Å². The molecule has 0 radical (unpaired) electrons. The minimum absolute atomic E-state index is 0.0472. The lowest BCUT2D eigenvalue weighted by Crippen LogP contribution is -2.41. The van der Waals surface area contributed by atoms with E-state index in [2.05, 4.69) is 15.5 Å². The smallest absolute Gasteiger partial charge is 0.325 e. The monoisotopic (exact) mass is 360 g/mol. The van der Waals surface area contributed by atoms with Crippen LogP contribution < -0.4 is 5.32 Å². The Bertz CT molecular complexity index is 1050. The zero-order valence-electron chi connectivity index (χ0n) is 14.4. The van der Waals surface area contributed by atoms with Gasteiger partial charge in [-0.2, -0.15) is 4.98 Å². The van der Waals surface area contributed by atoms with Crippen LogP contribution in [0, 0.1) is 0 Å². The minimum Gasteiger partial charge on any atom is -0.337 e. The highest BCUT2D eigenvalue weighted by Gasteiger charge is 2.55. The lowest BCUT2D eigenvalue weighted by atomic mass is 9.92. The number of urea groups is 1. The highest BCUT2D eigenvalue weighted by Crippen LogP contribution is 2.41. The highest BCUT2D eigenvalue weighted by molar-refractivity contribution is 6.08. The Hall–Kier alpha value is -3.48. The molecule has 2 aromatic carbocycles. The fourth-order valence-electron chi connectivity index (χ4n) is 3.89. The van der Waals surface area contributed by atoms with Gasteiger partial charge >= 0.3 is 6.03 Å². The van der Waals surface area contributed by atoms with Crippen LogP contribution >= 0.6 is 0 Å². The molecule has 7 nitrogen and oxygen atoms in total. The normalized spacial score (nSPS) is 21.0. The highest BCUT2D eigenvalue weighted by atomic mass is 16.5. The van der Waals surface area contributed by atoms with Crippen molar-refractivity contribution in [2.75, 3.05) is 0 Å². The second kappa shape index (κ2) is 5.77. The van der Waals surface area contributed by atoms with Gasteiger partial charge in [0.1, 0.15) is 12.1 Å². The van der Waals surface area contributed by atoms with E-state index in [4.69, 9.17) is 4.52 Å². The molecule has 1 aliphatic carbocycles. The van der Waals surface area contributed by atoms with E-state index in [1.165, 1.54) is 0 Å². The summed E-state index contributed by atoms with van der Waals surface area (Å²) in [5, 5.41) is 6.84. The molecular weight excluding hydrogens is 344 g/mol. The number of carbonyl (C=O) groups is 2. The van der Waals surface area contributed by atoms with Crippen LogP contribution in [-0.2, 0) is 23.3 Å². The molecule has 1 unspecified atom stereocenters. The summed E-state index contributed by atoms with van der Waals surface area (Å²) in [6.07, 6.45) is 1.32. The van der Waals surface area contributed by atoms with Crippen molar-refractivity contribution in [2.45, 2.75) is 24.9 Å². The zero-order chi connectivity index (χ0) is 18.4. The standard InChI is InChI=1S/C20H16N4O3/c25-18-20(11-10-13-6-4-5-9-15(13)20)22-19(26)24(18)12-16-21-17(23-27-16)14-7-2-1-3-8-14/h1-9H,10-12H2,(H,22,26). The third kappa shape index (κ3) is 2.35. The van der Waals surface area contributed by atoms with E-state index in [0.29, 0.717) is 12.2 Å². The van der Waals surface area contributed by atoms with Crippen molar-refractivity contribution in [2.24, 2.45) is 0 Å². The third-order valence-electron chi connectivity index (χ3n) is 5.22. The Morgan fingerprint density at radius 2 is 1.85 bits per heavy atom. The van der Waals surface area contributed by atoms with Crippen molar-refractivity contribution >= 4 is 11.9 Å². The van der Waals surface area contributed by atoms with Crippen LogP contribution in [0.4, 0.5) is 4.79 Å². The van der Waals surface area contributed by atoms with Crippen molar-refractivity contribution in [3.8, 4) is 11.4 Å². The van der Waals surface area contributed by atoms with E-state index in [-0.39, 0.29) is 18.3 Å². The van der Waals surface area contributed by atoms with Gasteiger partial charge in [0.15, 0.2) is 0 Å². The molecule has 7 heteroatoms. The van der Waals surface area contributed by atoms with E-state index in [0.717, 1.165) is 28.0 Å². The first-order valence-corrected chi connectivity index (χ1v) is 8.78. The Balaban J connectivity index is 1.42. The predicted octanol–water partition coefficient (Wildman–Crippen LogP) is 2.63. The summed E-state index contributed by atoms with van der Waals surface area (Å²) in [6.45, 7) is -0.0472. The summed E-state index contributed by atoms with van der Waals surface area (Å²) in [5.74, 6) is 0.385. The number of hydrogen-bond donors (Lipinski definition) is 1. The van der Waals surface area contributed by atoms with Crippen molar-refractivity contribution in [3.05, 3.63) is 71.6 Å². The summed E-state index contributed by atoms with van der Waals surface area (Å²) >= 11 is 0. The van der Waals surface area contributed by atoms with Gasteiger partial charge in [-0.25, -0.2) is 4.79 Å². The molecule has 0 bridgehead atoms. The number of nitrogens with zero attached hydrogens (tertiary/aromatic N) is 3. The number of carbonyl (C=O) groups excluding carboxylic acids is 2. The maximum absolute atomic E-state index is 13.1. The fraction of sp³-hybridized carbons (Fsp3) is 0.200. The van der Waals surface area contributed by atoms with Crippen LogP contribution in [0.1, 0.15) is 23.4 Å². The molecule has 2 aliphatic rings. The van der Waals surface area contributed by atoms with Gasteiger partial charge in [0.25, 0.3) is 5.91 Å². The molecule has 1 aromatic heterocycles. The first kappa shape index (κ1) is 15.7. The molecule has 2 heterocycles. The molecule has 1 saturated heterocycles. The van der Waals surface area contributed by atoms with E-state index >= 15 is 0 Å². The molecule has 1 atom stereocenters. The predicted molar refractivity (Wildman–Crippen MR) is 95.3 cm³/mol. The van der Waals surface area contributed by atoms with Crippen LogP contribution in [-0.4, -0.2) is 27.0 Å². The topological polar surface area (TPSA) is 88.3 Å². The average Bonchev–Trinajstić information content (AvgIpc) is 3.38. The van der Waals surface area contributed by atoms with Crippen molar-refractivity contribution in [3.63, 3.8) is 0 Å². The third-order valence-corrected chi connectivity index (χ3v) is 5.22. The summed E-state index contributed by atoms with van der Waals surface area (Å²) < 4.78 is 5.26. The first-order chi connectivity index (χ1) is 13.2. The Morgan fingerprint density at radius 3 is 2.70 bits per heavy atom. The summed E-state index contributed by atoms with van der Waals surface area (Å²) in [4.78, 5) is 31.2. The number of imide groups is 1. The van der Waals surface area contributed by atoms with Gasteiger partial charge in [-0.15, -0.1) is 0 Å². The van der Waals surface area contributed by atoms with E-state index in [1.54, 1.807) is 0 Å². The SMILES string of the molecule is O=C1NC2(CCc3ccccc32)C(=O)N1Cc1nc(-c2ccccc2)no1. The summed E-state index contributed by atoms with van der Waals surface area (Å²) in [5.41, 5.74) is 1.81. The van der Waals surface area contributed by atoms with Gasteiger partial charge in [0, 0.05) is 5.56 Å². The van der Waals surface area contributed by atoms with Gasteiger partial charge in [0.05, 0.1) is 0 Å². The number of hydrogen-bond acceptors (Lipinski definition) is 5. The molecule has 27 heavy (non-hydrogen) atoms. The zero-order valence-corrected chi connectivity index (χ0v) is 14.4. The van der Waals surface area contributed by atoms with Crippen LogP contribution in [0.5, 0.6) is 0 Å². The van der Waals surface area contributed by atoms with Gasteiger partial charge < -0.3 is 9.84 Å². The van der Waals surface area contributed by atoms with Crippen LogP contribution in [0.25, 0.3) is 11.4 Å². The molecule has 134 valence electrons. The number of benzene rings is 2. The molecule has 1 aliphatic heterocycles. The van der Waals surface area contributed by atoms with Crippen molar-refractivity contribution in [1.29, 1.82) is 0 Å². The number of aryl methyl sites for hydroxylation is 1. The molecule has 0 saturated carbocycles. The fourth-order valence-corrected chi connectivity index (χ4v) is 3.89. The van der Waals surface area contributed by atoms with Gasteiger partial charge in [-0.1, -0.05) is 59.8 Å². The van der Waals surface area contributed by atoms with Crippen LogP contribution in [0.15, 0.2) is 59.1 Å². The van der Waals surface area contributed by atoms with E-state index in [1.807, 2.05) is 54.6 Å². The summed E-state index contributed by atoms with van der Waals surface area (Å²) in [6, 6.07) is 16.7. The molecule has 3 amide bonds. The Kier molecular flexibility index (Phi) is 3.36. The Morgan fingerprint density at radius 1 is 1.07 bits per heavy atom. The second-order valence-electron chi connectivity index (χ2n) is 6.76. The number of fused-ring (bicyclic) bond motifs is 2. The molecule has 1 fully saturated rings. The average molecular weight is 360 g/mol. The van der Waals surface area contributed by atoms with E-state index < -0.39 is 11.6 Å². The minimum atomic E-state index is -0.976. The maximum Gasteiger partial charge on any atom is 0.325 e. The Labute approximate surface area is 155 Å². The number of nitrogens with one attached hydrogen (secondary N) is 1. The van der Waals surface area contributed by atoms with E-state index in [9.17, 15) is 9.59 Å². The molecule has 3 aromatic rings. The first-order valence-electron chi connectivity index (χ1n) is 8.78. The molecule has 1 spiro atoms. The van der Waals surface area contributed by atoms with Crippen molar-refractivity contribution < 1.29 is 14.1 Å². The summed E-state index contributed by atoms with van der Waals surface area (Å²) in [7, 11) is 0. The largest absolute Gasteiger partial charge is 0.337 e.